The van der Waals surface area contributed by atoms with E-state index < -0.39 is 0 Å². The number of likely N-dealkylation sites (tertiary alicyclic amines) is 1. The molecule has 0 bridgehead atoms. The fourth-order valence-electron chi connectivity index (χ4n) is 3.18. The maximum absolute atomic E-state index is 12.8. The molecule has 1 saturated heterocycles. The van der Waals surface area contributed by atoms with Crippen molar-refractivity contribution in [2.24, 2.45) is 0 Å². The molecule has 1 aliphatic rings. The van der Waals surface area contributed by atoms with Gasteiger partial charge in [-0.3, -0.25) is 9.69 Å². The number of aromatic nitrogens is 4. The summed E-state index contributed by atoms with van der Waals surface area (Å²) in [5, 5.41) is 14.2. The first-order chi connectivity index (χ1) is 12.7. The van der Waals surface area contributed by atoms with Crippen molar-refractivity contribution in [3.63, 3.8) is 0 Å². The molecule has 3 aromatic rings. The van der Waals surface area contributed by atoms with Crippen molar-refractivity contribution >= 4 is 34.5 Å². The van der Waals surface area contributed by atoms with Gasteiger partial charge in [-0.2, -0.15) is 0 Å². The lowest BCUT2D eigenvalue weighted by atomic mass is 10.2. The van der Waals surface area contributed by atoms with Crippen molar-refractivity contribution in [1.29, 1.82) is 0 Å². The monoisotopic (exact) mass is 388 g/mol. The molecule has 1 atom stereocenters. The van der Waals surface area contributed by atoms with Gasteiger partial charge in [0.15, 0.2) is 0 Å². The maximum Gasteiger partial charge on any atom is 0.241 e. The quantitative estimate of drug-likeness (QED) is 0.727. The minimum atomic E-state index is -0.132. The van der Waals surface area contributed by atoms with Gasteiger partial charge in [0.2, 0.25) is 5.91 Å². The summed E-state index contributed by atoms with van der Waals surface area (Å²) in [7, 11) is 0. The highest BCUT2D eigenvalue weighted by atomic mass is 35.5. The molecule has 1 fully saturated rings. The third-order valence-electron chi connectivity index (χ3n) is 4.38. The van der Waals surface area contributed by atoms with Gasteiger partial charge >= 0.3 is 0 Å². The fourth-order valence-corrected chi connectivity index (χ4v) is 4.29. The molecule has 1 aromatic carbocycles. The predicted octanol–water partition coefficient (Wildman–Crippen LogP) is 2.98. The average molecular weight is 389 g/mol. The zero-order chi connectivity index (χ0) is 17.9. The van der Waals surface area contributed by atoms with Crippen LogP contribution in [0.2, 0.25) is 4.34 Å². The number of halogens is 1. The summed E-state index contributed by atoms with van der Waals surface area (Å²) in [6.45, 7) is 1.67. The van der Waals surface area contributed by atoms with Crippen LogP contribution in [-0.2, 0) is 11.3 Å². The Balaban J connectivity index is 1.44. The number of thiophene rings is 1. The first-order valence-corrected chi connectivity index (χ1v) is 9.51. The first-order valence-electron chi connectivity index (χ1n) is 8.31. The van der Waals surface area contributed by atoms with Crippen molar-refractivity contribution < 1.29 is 4.79 Å². The van der Waals surface area contributed by atoms with Crippen LogP contribution in [0.4, 0.5) is 5.69 Å². The van der Waals surface area contributed by atoms with Gasteiger partial charge in [0, 0.05) is 17.1 Å². The second-order valence-corrected chi connectivity index (χ2v) is 7.93. The Morgan fingerprint density at radius 1 is 1.35 bits per heavy atom. The highest BCUT2D eigenvalue weighted by molar-refractivity contribution is 7.16. The molecule has 0 aliphatic carbocycles. The van der Waals surface area contributed by atoms with Crippen LogP contribution in [0.15, 0.2) is 42.7 Å². The third-order valence-corrected chi connectivity index (χ3v) is 5.60. The van der Waals surface area contributed by atoms with E-state index in [-0.39, 0.29) is 11.9 Å². The second-order valence-electron chi connectivity index (χ2n) is 6.13. The molecule has 4 rings (SSSR count). The molecule has 7 nitrogen and oxygen atoms in total. The molecule has 0 radical (unpaired) electrons. The first kappa shape index (κ1) is 17.1. The number of carbonyl (C=O) groups excluding carboxylic acids is 1. The number of nitrogens with zero attached hydrogens (tertiary/aromatic N) is 5. The van der Waals surface area contributed by atoms with Crippen LogP contribution in [-0.4, -0.2) is 43.6 Å². The van der Waals surface area contributed by atoms with E-state index in [1.54, 1.807) is 16.0 Å². The van der Waals surface area contributed by atoms with Gasteiger partial charge in [0.25, 0.3) is 0 Å². The van der Waals surface area contributed by atoms with E-state index in [2.05, 4.69) is 25.7 Å². The number of hydrogen-bond acceptors (Lipinski definition) is 6. The van der Waals surface area contributed by atoms with Crippen LogP contribution in [0.5, 0.6) is 0 Å². The molecule has 26 heavy (non-hydrogen) atoms. The Morgan fingerprint density at radius 2 is 2.27 bits per heavy atom. The number of hydrogen-bond donors (Lipinski definition) is 1. The SMILES string of the molecule is O=C(Nc1cccc(-n2cnnn2)c1)[C@@H]1CCCN1Cc1ccc(Cl)s1. The zero-order valence-electron chi connectivity index (χ0n) is 13.9. The Bertz CT molecular complexity index is 896. The smallest absolute Gasteiger partial charge is 0.241 e. The van der Waals surface area contributed by atoms with E-state index in [4.69, 9.17) is 11.6 Å². The van der Waals surface area contributed by atoms with Crippen molar-refractivity contribution in [1.82, 2.24) is 25.1 Å². The Kier molecular flexibility index (Phi) is 4.96. The fraction of sp³-hybridized carbons (Fsp3) is 0.294. The van der Waals surface area contributed by atoms with E-state index in [1.165, 1.54) is 11.2 Å². The number of amides is 1. The van der Waals surface area contributed by atoms with Gasteiger partial charge in [-0.1, -0.05) is 17.7 Å². The van der Waals surface area contributed by atoms with Crippen LogP contribution in [0.3, 0.4) is 0 Å². The van der Waals surface area contributed by atoms with E-state index >= 15 is 0 Å². The van der Waals surface area contributed by atoms with Gasteiger partial charge < -0.3 is 5.32 Å². The van der Waals surface area contributed by atoms with E-state index in [9.17, 15) is 4.79 Å². The van der Waals surface area contributed by atoms with E-state index in [0.29, 0.717) is 0 Å². The van der Waals surface area contributed by atoms with Gasteiger partial charge in [-0.15, -0.1) is 16.4 Å². The number of rotatable bonds is 5. The van der Waals surface area contributed by atoms with Gasteiger partial charge in [0.1, 0.15) is 6.33 Å². The third kappa shape index (κ3) is 3.77. The summed E-state index contributed by atoms with van der Waals surface area (Å²) >= 11 is 7.58. The molecule has 134 valence electrons. The topological polar surface area (TPSA) is 75.9 Å². The summed E-state index contributed by atoms with van der Waals surface area (Å²) in [6, 6.07) is 11.3. The lowest BCUT2D eigenvalue weighted by molar-refractivity contribution is -0.120. The molecule has 0 saturated carbocycles. The molecule has 0 unspecified atom stereocenters. The maximum atomic E-state index is 12.8. The largest absolute Gasteiger partial charge is 0.325 e. The Labute approximate surface area is 159 Å². The van der Waals surface area contributed by atoms with Crippen LogP contribution in [0.1, 0.15) is 17.7 Å². The lowest BCUT2D eigenvalue weighted by Gasteiger charge is -2.23. The zero-order valence-corrected chi connectivity index (χ0v) is 15.5. The van der Waals surface area contributed by atoms with Crippen molar-refractivity contribution in [2.75, 3.05) is 11.9 Å². The Morgan fingerprint density at radius 3 is 3.04 bits per heavy atom. The highest BCUT2D eigenvalue weighted by Gasteiger charge is 2.31. The number of nitrogens with one attached hydrogen (secondary N) is 1. The number of tetrazole rings is 1. The molecular formula is C17H17ClN6OS. The van der Waals surface area contributed by atoms with E-state index in [1.807, 2.05) is 36.4 Å². The van der Waals surface area contributed by atoms with Crippen LogP contribution < -0.4 is 5.32 Å². The molecule has 9 heteroatoms. The minimum Gasteiger partial charge on any atom is -0.325 e. The molecule has 2 aromatic heterocycles. The summed E-state index contributed by atoms with van der Waals surface area (Å²) in [6.07, 6.45) is 3.39. The predicted molar refractivity (Wildman–Crippen MR) is 101 cm³/mol. The second kappa shape index (κ2) is 7.53. The van der Waals surface area contributed by atoms with Gasteiger partial charge in [-0.25, -0.2) is 4.68 Å². The normalized spacial score (nSPS) is 17.5. The van der Waals surface area contributed by atoms with Crippen molar-refractivity contribution in [3.05, 3.63) is 51.9 Å². The van der Waals surface area contributed by atoms with Gasteiger partial charge in [-0.05, 0) is 60.1 Å². The lowest BCUT2D eigenvalue weighted by Crippen LogP contribution is -2.39. The molecule has 1 aliphatic heterocycles. The molecular weight excluding hydrogens is 372 g/mol. The minimum absolute atomic E-state index is 0.0130. The highest BCUT2D eigenvalue weighted by Crippen LogP contribution is 2.27. The van der Waals surface area contributed by atoms with Crippen LogP contribution in [0.25, 0.3) is 5.69 Å². The summed E-state index contributed by atoms with van der Waals surface area (Å²) < 4.78 is 2.33. The van der Waals surface area contributed by atoms with E-state index in [0.717, 1.165) is 41.6 Å². The number of anilines is 1. The molecule has 1 N–H and O–H groups in total. The number of carbonyl (C=O) groups is 1. The summed E-state index contributed by atoms with van der Waals surface area (Å²) in [5.41, 5.74) is 1.53. The standard InChI is InChI=1S/C17H17ClN6OS/c18-16-7-6-14(26-16)10-23-8-2-5-15(23)17(25)20-12-3-1-4-13(9-12)24-11-19-21-22-24/h1,3-4,6-7,9,11,15H,2,5,8,10H2,(H,20,25)/t15-/m0/s1. The number of benzene rings is 1. The van der Waals surface area contributed by atoms with Crippen molar-refractivity contribution in [3.8, 4) is 5.69 Å². The van der Waals surface area contributed by atoms with Crippen molar-refractivity contribution in [2.45, 2.75) is 25.4 Å². The summed E-state index contributed by atoms with van der Waals surface area (Å²) in [5.74, 6) is 0.0130. The average Bonchev–Trinajstić information content (AvgIpc) is 3.37. The Hall–Kier alpha value is -2.29. The molecule has 1 amide bonds. The molecule has 3 heterocycles. The summed E-state index contributed by atoms with van der Waals surface area (Å²) in [4.78, 5) is 16.2. The van der Waals surface area contributed by atoms with Gasteiger partial charge in [0.05, 0.1) is 16.1 Å². The molecule has 0 spiro atoms. The van der Waals surface area contributed by atoms with Crippen LogP contribution in [0, 0.1) is 0 Å². The van der Waals surface area contributed by atoms with Crippen LogP contribution >= 0.6 is 22.9 Å².